The van der Waals surface area contributed by atoms with E-state index in [1.54, 1.807) is 31.4 Å². The molecule has 1 heterocycles. The van der Waals surface area contributed by atoms with E-state index in [1.165, 1.54) is 16.7 Å². The lowest BCUT2D eigenvalue weighted by Crippen LogP contribution is -2.31. The number of nitrogens with one attached hydrogen (secondary N) is 1. The number of benzene rings is 2. The zero-order valence-corrected chi connectivity index (χ0v) is 17.2. The van der Waals surface area contributed by atoms with E-state index in [0.717, 1.165) is 16.9 Å². The van der Waals surface area contributed by atoms with Crippen molar-refractivity contribution in [3.63, 3.8) is 0 Å². The van der Waals surface area contributed by atoms with E-state index in [9.17, 15) is 9.59 Å². The molecule has 0 bridgehead atoms. The Morgan fingerprint density at radius 3 is 2.61 bits per heavy atom. The van der Waals surface area contributed by atoms with Gasteiger partial charge < -0.3 is 10.1 Å². The van der Waals surface area contributed by atoms with Crippen LogP contribution in [0.4, 0.5) is 5.69 Å². The van der Waals surface area contributed by atoms with Crippen LogP contribution in [0.5, 0.6) is 5.75 Å². The maximum atomic E-state index is 12.7. The number of carbonyl (C=O) groups is 2. The number of anilines is 1. The van der Waals surface area contributed by atoms with Gasteiger partial charge in [-0.2, -0.15) is 0 Å². The van der Waals surface area contributed by atoms with Crippen molar-refractivity contribution in [2.24, 2.45) is 0 Å². The molecule has 0 spiro atoms. The van der Waals surface area contributed by atoms with E-state index in [2.05, 4.69) is 5.32 Å². The number of ether oxygens (including phenoxy) is 1. The Labute approximate surface area is 173 Å². The van der Waals surface area contributed by atoms with Gasteiger partial charge in [0.25, 0.3) is 5.91 Å². The second-order valence-electron chi connectivity index (χ2n) is 6.22. The van der Waals surface area contributed by atoms with Crippen molar-refractivity contribution in [1.29, 1.82) is 0 Å². The quantitative estimate of drug-likeness (QED) is 0.568. The monoisotopic (exact) mass is 412 g/mol. The first-order chi connectivity index (χ1) is 13.5. The smallest absolute Gasteiger partial charge is 0.266 e. The van der Waals surface area contributed by atoms with Crippen molar-refractivity contribution in [3.8, 4) is 5.75 Å². The predicted molar refractivity (Wildman–Crippen MR) is 117 cm³/mol. The largest absolute Gasteiger partial charge is 0.497 e. The fraction of sp³-hybridized carbons (Fsp3) is 0.190. The summed E-state index contributed by atoms with van der Waals surface area (Å²) >= 11 is 6.60. The minimum Gasteiger partial charge on any atom is -0.497 e. The molecule has 2 aromatic carbocycles. The van der Waals surface area contributed by atoms with Crippen molar-refractivity contribution in [3.05, 3.63) is 64.6 Å². The topological polar surface area (TPSA) is 58.6 Å². The molecule has 2 amide bonds. The molecule has 1 saturated heterocycles. The third-order valence-electron chi connectivity index (χ3n) is 4.28. The summed E-state index contributed by atoms with van der Waals surface area (Å²) in [6.07, 6.45) is 2.02. The average molecular weight is 413 g/mol. The fourth-order valence-corrected chi connectivity index (χ4v) is 3.99. The number of thiocarbonyl (C=S) groups is 1. The van der Waals surface area contributed by atoms with Gasteiger partial charge in [-0.1, -0.05) is 48.2 Å². The zero-order valence-electron chi connectivity index (χ0n) is 15.6. The van der Waals surface area contributed by atoms with E-state index in [0.29, 0.717) is 14.9 Å². The van der Waals surface area contributed by atoms with E-state index in [-0.39, 0.29) is 24.8 Å². The van der Waals surface area contributed by atoms with Gasteiger partial charge >= 0.3 is 0 Å². The highest BCUT2D eigenvalue weighted by Gasteiger charge is 2.32. The normalized spacial score (nSPS) is 15.2. The molecular weight excluding hydrogens is 392 g/mol. The second kappa shape index (κ2) is 9.03. The maximum absolute atomic E-state index is 12.7. The molecule has 1 aliphatic rings. The number of hydrogen-bond acceptors (Lipinski definition) is 5. The van der Waals surface area contributed by atoms with Gasteiger partial charge in [0, 0.05) is 18.7 Å². The molecule has 144 valence electrons. The van der Waals surface area contributed by atoms with Gasteiger partial charge in [-0.05, 0) is 48.4 Å². The van der Waals surface area contributed by atoms with E-state index >= 15 is 0 Å². The molecular formula is C21H20N2O3S2. The molecule has 5 nitrogen and oxygen atoms in total. The zero-order chi connectivity index (χ0) is 20.1. The lowest BCUT2D eigenvalue weighted by Gasteiger charge is -2.14. The molecule has 1 N–H and O–H groups in total. The minimum atomic E-state index is -0.179. The Bertz CT molecular complexity index is 939. The Kier molecular flexibility index (Phi) is 6.49. The number of aryl methyl sites for hydroxylation is 1. The SMILES string of the molecule is COc1ccc(NC(=O)CCN2C(=O)/C(=C/c3ccccc3C)SC2=S)cc1. The van der Waals surface area contributed by atoms with Gasteiger partial charge in [-0.15, -0.1) is 0 Å². The van der Waals surface area contributed by atoms with Gasteiger partial charge in [-0.25, -0.2) is 0 Å². The molecule has 7 heteroatoms. The summed E-state index contributed by atoms with van der Waals surface area (Å²) in [5, 5.41) is 2.81. The highest BCUT2D eigenvalue weighted by molar-refractivity contribution is 8.26. The predicted octanol–water partition coefficient (Wildman–Crippen LogP) is 4.23. The van der Waals surface area contributed by atoms with Crippen molar-refractivity contribution >= 4 is 51.9 Å². The fourth-order valence-electron chi connectivity index (χ4n) is 2.69. The Balaban J connectivity index is 1.59. The van der Waals surface area contributed by atoms with Crippen LogP contribution in [0.15, 0.2) is 53.4 Å². The van der Waals surface area contributed by atoms with Gasteiger partial charge in [-0.3, -0.25) is 14.5 Å². The summed E-state index contributed by atoms with van der Waals surface area (Å²) < 4.78 is 5.57. The van der Waals surface area contributed by atoms with Crippen LogP contribution < -0.4 is 10.1 Å². The van der Waals surface area contributed by atoms with Crippen LogP contribution in [-0.4, -0.2) is 34.7 Å². The summed E-state index contributed by atoms with van der Waals surface area (Å²) in [6.45, 7) is 2.24. The molecule has 0 atom stereocenters. The number of carbonyl (C=O) groups excluding carboxylic acids is 2. The summed E-state index contributed by atoms with van der Waals surface area (Å²) in [6, 6.07) is 14.9. The standard InChI is InChI=1S/C21H20N2O3S2/c1-14-5-3-4-6-15(14)13-18-20(25)23(21(27)28-18)12-11-19(24)22-16-7-9-17(26-2)10-8-16/h3-10,13H,11-12H2,1-2H3,(H,22,24)/b18-13-. The Morgan fingerprint density at radius 2 is 1.93 bits per heavy atom. The number of nitrogens with zero attached hydrogens (tertiary/aromatic N) is 1. The van der Waals surface area contributed by atoms with Crippen LogP contribution >= 0.6 is 24.0 Å². The first kappa shape index (κ1) is 20.1. The lowest BCUT2D eigenvalue weighted by molar-refractivity contribution is -0.122. The van der Waals surface area contributed by atoms with Gasteiger partial charge in [0.05, 0.1) is 12.0 Å². The third kappa shape index (κ3) is 4.79. The van der Waals surface area contributed by atoms with Gasteiger partial charge in [0.1, 0.15) is 10.1 Å². The molecule has 0 aromatic heterocycles. The third-order valence-corrected chi connectivity index (χ3v) is 5.66. The molecule has 1 aliphatic heterocycles. The Morgan fingerprint density at radius 1 is 1.21 bits per heavy atom. The maximum Gasteiger partial charge on any atom is 0.266 e. The van der Waals surface area contributed by atoms with Crippen LogP contribution in [0.25, 0.3) is 6.08 Å². The van der Waals surface area contributed by atoms with Crippen LogP contribution in [0.3, 0.4) is 0 Å². The average Bonchev–Trinajstić information content (AvgIpc) is 2.95. The van der Waals surface area contributed by atoms with E-state index in [1.807, 2.05) is 37.3 Å². The number of amides is 2. The minimum absolute atomic E-state index is 0.157. The summed E-state index contributed by atoms with van der Waals surface area (Å²) in [7, 11) is 1.59. The second-order valence-corrected chi connectivity index (χ2v) is 7.89. The molecule has 28 heavy (non-hydrogen) atoms. The number of methoxy groups -OCH3 is 1. The van der Waals surface area contributed by atoms with Crippen molar-refractivity contribution in [2.45, 2.75) is 13.3 Å². The van der Waals surface area contributed by atoms with Crippen molar-refractivity contribution in [1.82, 2.24) is 4.90 Å². The first-order valence-corrected chi connectivity index (χ1v) is 9.95. The molecule has 3 rings (SSSR count). The molecule has 0 aliphatic carbocycles. The molecule has 0 unspecified atom stereocenters. The number of hydrogen-bond donors (Lipinski definition) is 1. The summed E-state index contributed by atoms with van der Waals surface area (Å²) in [4.78, 5) is 26.9. The van der Waals surface area contributed by atoms with Crippen molar-refractivity contribution in [2.75, 3.05) is 19.0 Å². The first-order valence-electron chi connectivity index (χ1n) is 8.73. The highest BCUT2D eigenvalue weighted by Crippen LogP contribution is 2.33. The molecule has 0 radical (unpaired) electrons. The molecule has 0 saturated carbocycles. The van der Waals surface area contributed by atoms with Crippen LogP contribution in [0.2, 0.25) is 0 Å². The van der Waals surface area contributed by atoms with Gasteiger partial charge in [0.15, 0.2) is 0 Å². The van der Waals surface area contributed by atoms with Crippen molar-refractivity contribution < 1.29 is 14.3 Å². The summed E-state index contributed by atoms with van der Waals surface area (Å²) in [5.74, 6) is 0.383. The molecule has 1 fully saturated rings. The van der Waals surface area contributed by atoms with E-state index in [4.69, 9.17) is 17.0 Å². The Hall–Kier alpha value is -2.64. The molecule has 2 aromatic rings. The number of rotatable bonds is 6. The van der Waals surface area contributed by atoms with Gasteiger partial charge in [0.2, 0.25) is 5.91 Å². The summed E-state index contributed by atoms with van der Waals surface area (Å²) in [5.41, 5.74) is 2.75. The lowest BCUT2D eigenvalue weighted by atomic mass is 10.1. The van der Waals surface area contributed by atoms with Crippen LogP contribution in [0.1, 0.15) is 17.5 Å². The highest BCUT2D eigenvalue weighted by atomic mass is 32.2. The van der Waals surface area contributed by atoms with Crippen LogP contribution in [0, 0.1) is 6.92 Å². The van der Waals surface area contributed by atoms with Crippen LogP contribution in [-0.2, 0) is 9.59 Å². The van der Waals surface area contributed by atoms with E-state index < -0.39 is 0 Å². The number of thioether (sulfide) groups is 1.